The van der Waals surface area contributed by atoms with Gasteiger partial charge in [-0.15, -0.1) is 0 Å². The molecule has 0 bridgehead atoms. The maximum atomic E-state index is 14.8. The van der Waals surface area contributed by atoms with Crippen molar-refractivity contribution >= 4 is 27.9 Å². The first-order valence-electron chi connectivity index (χ1n) is 11.6. The molecule has 0 saturated heterocycles. The Morgan fingerprint density at radius 2 is 1.84 bits per heavy atom. The largest absolute Gasteiger partial charge is 0.444 e. The Kier molecular flexibility index (Phi) is 8.41. The second kappa shape index (κ2) is 11.2. The predicted molar refractivity (Wildman–Crippen MR) is 142 cm³/mol. The summed E-state index contributed by atoms with van der Waals surface area (Å²) in [5, 5.41) is 10.3. The van der Waals surface area contributed by atoms with E-state index in [-0.39, 0.29) is 28.9 Å². The summed E-state index contributed by atoms with van der Waals surface area (Å²) in [4.78, 5) is 13.3. The first-order valence-corrected chi connectivity index (χ1v) is 13.1. The molecule has 0 aliphatic rings. The molecule has 0 unspecified atom stereocenters. The standard InChI is InChI=1S/C27H30F2N4O4S/c1-27(2,3)37-26(34)32(5)16-18-10-25(23-8-6-7-9-24(23)29)33(17-18)38(35,36)22-12-19(11-21(28)13-22)20(14-30)15-31-4/h6-15,17,30-31H,16H2,1-5H3/b20-15+,30-14?. The first kappa shape index (κ1) is 28.6. The van der Waals surface area contributed by atoms with E-state index in [1.54, 1.807) is 33.9 Å². The third-order valence-corrected chi connectivity index (χ3v) is 6.99. The number of allylic oxidation sites excluding steroid dienone is 1. The third-order valence-electron chi connectivity index (χ3n) is 5.33. The first-order chi connectivity index (χ1) is 17.8. The number of hydrogen-bond donors (Lipinski definition) is 2. The second-order valence-corrected chi connectivity index (χ2v) is 11.4. The Morgan fingerprint density at radius 1 is 1.16 bits per heavy atom. The van der Waals surface area contributed by atoms with E-state index in [9.17, 15) is 22.0 Å². The fourth-order valence-corrected chi connectivity index (χ4v) is 5.13. The minimum absolute atomic E-state index is 0.000422. The molecule has 202 valence electrons. The lowest BCUT2D eigenvalue weighted by Gasteiger charge is -2.24. The van der Waals surface area contributed by atoms with E-state index in [4.69, 9.17) is 10.1 Å². The lowest BCUT2D eigenvalue weighted by molar-refractivity contribution is 0.0285. The Morgan fingerprint density at radius 3 is 2.45 bits per heavy atom. The number of nitrogens with one attached hydrogen (secondary N) is 2. The summed E-state index contributed by atoms with van der Waals surface area (Å²) in [5.41, 5.74) is 0.0774. The van der Waals surface area contributed by atoms with Crippen LogP contribution >= 0.6 is 0 Å². The van der Waals surface area contributed by atoms with E-state index in [0.717, 1.165) is 22.3 Å². The number of ether oxygens (including phenoxy) is 1. The van der Waals surface area contributed by atoms with Crippen molar-refractivity contribution in [3.8, 4) is 11.3 Å². The lowest BCUT2D eigenvalue weighted by Crippen LogP contribution is -2.33. The number of amides is 1. The summed E-state index contributed by atoms with van der Waals surface area (Å²) in [6.07, 6.45) is 3.05. The van der Waals surface area contributed by atoms with Crippen LogP contribution in [-0.4, -0.2) is 49.3 Å². The summed E-state index contributed by atoms with van der Waals surface area (Å²) in [6, 6.07) is 10.3. The van der Waals surface area contributed by atoms with Crippen LogP contribution in [0.4, 0.5) is 13.6 Å². The summed E-state index contributed by atoms with van der Waals surface area (Å²) in [6.45, 7) is 5.14. The van der Waals surface area contributed by atoms with Gasteiger partial charge >= 0.3 is 6.09 Å². The van der Waals surface area contributed by atoms with Crippen molar-refractivity contribution in [3.63, 3.8) is 0 Å². The van der Waals surface area contributed by atoms with Gasteiger partial charge in [0.1, 0.15) is 17.2 Å². The number of hydrogen-bond acceptors (Lipinski definition) is 6. The number of nitrogens with zero attached hydrogens (tertiary/aromatic N) is 2. The zero-order chi connectivity index (χ0) is 28.3. The quantitative estimate of drug-likeness (QED) is 0.377. The van der Waals surface area contributed by atoms with Gasteiger partial charge in [-0.3, -0.25) is 0 Å². The van der Waals surface area contributed by atoms with E-state index in [1.807, 2.05) is 0 Å². The highest BCUT2D eigenvalue weighted by Crippen LogP contribution is 2.31. The number of benzene rings is 2. The molecule has 1 heterocycles. The normalized spacial score (nSPS) is 12.2. The van der Waals surface area contributed by atoms with Crippen LogP contribution in [0.15, 0.2) is 65.8 Å². The SMILES string of the molecule is CN/C=C(\C=N)c1cc(F)cc(S(=O)(=O)n2cc(CN(C)C(=O)OC(C)(C)C)cc2-c2ccccc2F)c1. The van der Waals surface area contributed by atoms with Gasteiger partial charge < -0.3 is 20.4 Å². The smallest absolute Gasteiger partial charge is 0.410 e. The Bertz CT molecular complexity index is 1490. The van der Waals surface area contributed by atoms with E-state index in [2.05, 4.69) is 5.32 Å². The van der Waals surface area contributed by atoms with Gasteiger partial charge in [-0.25, -0.2) is 26.0 Å². The molecule has 1 amide bonds. The average molecular weight is 545 g/mol. The molecular weight excluding hydrogens is 514 g/mol. The Labute approximate surface area is 221 Å². The zero-order valence-electron chi connectivity index (χ0n) is 21.7. The van der Waals surface area contributed by atoms with Gasteiger partial charge in [0.15, 0.2) is 0 Å². The Hall–Kier alpha value is -3.99. The number of carbonyl (C=O) groups is 1. The van der Waals surface area contributed by atoms with Crippen LogP contribution in [0.5, 0.6) is 0 Å². The van der Waals surface area contributed by atoms with Gasteiger partial charge in [-0.05, 0) is 68.3 Å². The average Bonchev–Trinajstić information content (AvgIpc) is 3.25. The van der Waals surface area contributed by atoms with Crippen LogP contribution < -0.4 is 5.32 Å². The summed E-state index contributed by atoms with van der Waals surface area (Å²) < 4.78 is 63.2. The molecule has 0 fully saturated rings. The van der Waals surface area contributed by atoms with Crippen LogP contribution in [-0.2, 0) is 21.3 Å². The predicted octanol–water partition coefficient (Wildman–Crippen LogP) is 5.25. The highest BCUT2D eigenvalue weighted by molar-refractivity contribution is 7.90. The molecule has 0 radical (unpaired) electrons. The minimum Gasteiger partial charge on any atom is -0.444 e. The van der Waals surface area contributed by atoms with E-state index in [0.29, 0.717) is 5.56 Å². The molecule has 8 nitrogen and oxygen atoms in total. The fourth-order valence-electron chi connectivity index (χ4n) is 3.68. The topological polar surface area (TPSA) is 104 Å². The molecule has 0 spiro atoms. The molecule has 2 aromatic carbocycles. The molecule has 11 heteroatoms. The van der Waals surface area contributed by atoms with E-state index in [1.165, 1.54) is 54.7 Å². The molecule has 2 N–H and O–H groups in total. The van der Waals surface area contributed by atoms with Crippen molar-refractivity contribution in [3.05, 3.63) is 83.7 Å². The molecular formula is C27H30F2N4O4S. The molecule has 0 aliphatic heterocycles. The number of halogens is 2. The van der Waals surface area contributed by atoms with Gasteiger partial charge in [0.25, 0.3) is 10.0 Å². The maximum absolute atomic E-state index is 14.8. The van der Waals surface area contributed by atoms with Gasteiger partial charge in [-0.1, -0.05) is 12.1 Å². The highest BCUT2D eigenvalue weighted by Gasteiger charge is 2.26. The van der Waals surface area contributed by atoms with Gasteiger partial charge in [0.2, 0.25) is 0 Å². The molecule has 3 rings (SSSR count). The van der Waals surface area contributed by atoms with Crippen LogP contribution in [0.25, 0.3) is 16.8 Å². The molecule has 0 saturated carbocycles. The van der Waals surface area contributed by atoms with E-state index >= 15 is 0 Å². The van der Waals surface area contributed by atoms with Gasteiger partial charge in [-0.2, -0.15) is 0 Å². The third kappa shape index (κ3) is 6.46. The zero-order valence-corrected chi connectivity index (χ0v) is 22.6. The number of carbonyl (C=O) groups excluding carboxylic acids is 1. The van der Waals surface area contributed by atoms with Crippen molar-refractivity contribution < 1.29 is 26.7 Å². The van der Waals surface area contributed by atoms with E-state index < -0.39 is 38.2 Å². The highest BCUT2D eigenvalue weighted by atomic mass is 32.2. The monoisotopic (exact) mass is 544 g/mol. The molecule has 38 heavy (non-hydrogen) atoms. The minimum atomic E-state index is -4.45. The lowest BCUT2D eigenvalue weighted by atomic mass is 10.1. The second-order valence-electron chi connectivity index (χ2n) is 9.56. The van der Waals surface area contributed by atoms with Crippen molar-refractivity contribution in [2.24, 2.45) is 0 Å². The van der Waals surface area contributed by atoms with Crippen molar-refractivity contribution in [2.45, 2.75) is 37.8 Å². The number of aromatic nitrogens is 1. The molecule has 3 aromatic rings. The van der Waals surface area contributed by atoms with Crippen molar-refractivity contribution in [1.82, 2.24) is 14.2 Å². The van der Waals surface area contributed by atoms with Gasteiger partial charge in [0.05, 0.1) is 17.1 Å². The molecule has 0 atom stereocenters. The molecule has 0 aliphatic carbocycles. The Balaban J connectivity index is 2.15. The summed E-state index contributed by atoms with van der Waals surface area (Å²) in [5.74, 6) is -1.48. The fraction of sp³-hybridized carbons (Fsp3) is 0.259. The summed E-state index contributed by atoms with van der Waals surface area (Å²) >= 11 is 0. The van der Waals surface area contributed by atoms with Crippen molar-refractivity contribution in [1.29, 1.82) is 5.41 Å². The van der Waals surface area contributed by atoms with Crippen LogP contribution in [0.1, 0.15) is 31.9 Å². The molecule has 1 aromatic heterocycles. The van der Waals surface area contributed by atoms with Crippen LogP contribution in [0.3, 0.4) is 0 Å². The van der Waals surface area contributed by atoms with Crippen molar-refractivity contribution in [2.75, 3.05) is 14.1 Å². The summed E-state index contributed by atoms with van der Waals surface area (Å²) in [7, 11) is -1.36. The maximum Gasteiger partial charge on any atom is 0.410 e. The number of rotatable bonds is 8. The van der Waals surface area contributed by atoms with Crippen LogP contribution in [0.2, 0.25) is 0 Å². The van der Waals surface area contributed by atoms with Crippen LogP contribution in [0, 0.1) is 17.0 Å². The van der Waals surface area contributed by atoms with Gasteiger partial charge in [0, 0.05) is 43.8 Å².